The highest BCUT2D eigenvalue weighted by Crippen LogP contribution is 2.42. The number of benzene rings is 2. The molecule has 0 aliphatic rings. The Bertz CT molecular complexity index is 817. The second-order valence-corrected chi connectivity index (χ2v) is 5.91. The second-order valence-electron chi connectivity index (χ2n) is 4.99. The Morgan fingerprint density at radius 3 is 2.04 bits per heavy atom. The molecular formula is C18H16BrNO4. The summed E-state index contributed by atoms with van der Waals surface area (Å²) in [5.74, 6) is 2.50. The smallest absolute Gasteiger partial charge is 0.167 e. The summed E-state index contributed by atoms with van der Waals surface area (Å²) in [6, 6.07) is 13.2. The Morgan fingerprint density at radius 2 is 1.50 bits per heavy atom. The number of rotatable bonds is 5. The van der Waals surface area contributed by atoms with Gasteiger partial charge < -0.3 is 18.7 Å². The van der Waals surface area contributed by atoms with Crippen LogP contribution in [0.5, 0.6) is 17.2 Å². The molecule has 24 heavy (non-hydrogen) atoms. The predicted octanol–water partition coefficient (Wildman–Crippen LogP) is 4.80. The van der Waals surface area contributed by atoms with E-state index in [-0.39, 0.29) is 0 Å². The largest absolute Gasteiger partial charge is 0.496 e. The van der Waals surface area contributed by atoms with E-state index in [1.807, 2.05) is 30.3 Å². The van der Waals surface area contributed by atoms with Crippen molar-refractivity contribution in [3.05, 3.63) is 46.9 Å². The summed E-state index contributed by atoms with van der Waals surface area (Å²) in [6.45, 7) is 0. The van der Waals surface area contributed by atoms with Gasteiger partial charge in [-0.2, -0.15) is 0 Å². The van der Waals surface area contributed by atoms with Crippen LogP contribution in [0.4, 0.5) is 0 Å². The van der Waals surface area contributed by atoms with E-state index < -0.39 is 0 Å². The molecule has 0 saturated heterocycles. The molecule has 0 N–H and O–H groups in total. The molecule has 1 aromatic heterocycles. The lowest BCUT2D eigenvalue weighted by atomic mass is 10.1. The van der Waals surface area contributed by atoms with Crippen LogP contribution >= 0.6 is 15.9 Å². The van der Waals surface area contributed by atoms with Crippen molar-refractivity contribution in [2.45, 2.75) is 0 Å². The molecule has 0 aliphatic heterocycles. The van der Waals surface area contributed by atoms with Crippen molar-refractivity contribution in [1.29, 1.82) is 0 Å². The van der Waals surface area contributed by atoms with Crippen molar-refractivity contribution in [2.24, 2.45) is 0 Å². The van der Waals surface area contributed by atoms with Crippen LogP contribution in [0.1, 0.15) is 0 Å². The minimum atomic E-state index is 0.599. The first kappa shape index (κ1) is 16.4. The zero-order valence-corrected chi connectivity index (χ0v) is 15.1. The van der Waals surface area contributed by atoms with Crippen LogP contribution in [0.3, 0.4) is 0 Å². The molecule has 0 spiro atoms. The lowest BCUT2D eigenvalue weighted by Gasteiger charge is -2.13. The molecule has 0 bridgehead atoms. The van der Waals surface area contributed by atoms with Gasteiger partial charge in [0.05, 0.1) is 26.9 Å². The van der Waals surface area contributed by atoms with Gasteiger partial charge in [-0.15, -0.1) is 0 Å². The van der Waals surface area contributed by atoms with Gasteiger partial charge in [0, 0.05) is 28.2 Å². The van der Waals surface area contributed by atoms with Crippen LogP contribution in [0, 0.1) is 0 Å². The van der Waals surface area contributed by atoms with Crippen LogP contribution in [0.2, 0.25) is 0 Å². The van der Waals surface area contributed by atoms with E-state index >= 15 is 0 Å². The molecule has 0 aliphatic carbocycles. The van der Waals surface area contributed by atoms with Crippen molar-refractivity contribution < 1.29 is 18.7 Å². The van der Waals surface area contributed by atoms with Gasteiger partial charge in [0.2, 0.25) is 0 Å². The van der Waals surface area contributed by atoms with Crippen molar-refractivity contribution in [1.82, 2.24) is 5.16 Å². The van der Waals surface area contributed by atoms with Gasteiger partial charge in [0.15, 0.2) is 5.76 Å². The number of hydrogen-bond acceptors (Lipinski definition) is 5. The SMILES string of the molecule is COc1cc(OC)c(-c2cc(-c3ccc(Br)cc3)on2)c(OC)c1. The number of methoxy groups -OCH3 is 3. The van der Waals surface area contributed by atoms with E-state index in [4.69, 9.17) is 18.7 Å². The normalized spacial score (nSPS) is 10.5. The lowest BCUT2D eigenvalue weighted by Crippen LogP contribution is -1.95. The lowest BCUT2D eigenvalue weighted by molar-refractivity contribution is 0.376. The molecule has 0 saturated carbocycles. The summed E-state index contributed by atoms with van der Waals surface area (Å²) in [6.07, 6.45) is 0. The number of aromatic nitrogens is 1. The molecule has 124 valence electrons. The van der Waals surface area contributed by atoms with Crippen LogP contribution in [-0.4, -0.2) is 26.5 Å². The number of ether oxygens (including phenoxy) is 3. The summed E-state index contributed by atoms with van der Waals surface area (Å²) in [5, 5.41) is 4.17. The molecule has 0 unspecified atom stereocenters. The molecule has 2 aromatic carbocycles. The van der Waals surface area contributed by atoms with Crippen LogP contribution < -0.4 is 14.2 Å². The molecule has 0 radical (unpaired) electrons. The summed E-state index contributed by atoms with van der Waals surface area (Å²) in [5.41, 5.74) is 2.28. The van der Waals surface area contributed by atoms with Gasteiger partial charge in [0.25, 0.3) is 0 Å². The number of halogens is 1. The first-order valence-electron chi connectivity index (χ1n) is 7.19. The molecule has 3 aromatic rings. The van der Waals surface area contributed by atoms with Crippen molar-refractivity contribution in [3.63, 3.8) is 0 Å². The summed E-state index contributed by atoms with van der Waals surface area (Å²) in [7, 11) is 4.77. The average Bonchev–Trinajstić information content (AvgIpc) is 3.10. The fraction of sp³-hybridized carbons (Fsp3) is 0.167. The van der Waals surface area contributed by atoms with Gasteiger partial charge in [-0.05, 0) is 12.1 Å². The van der Waals surface area contributed by atoms with Gasteiger partial charge in [-0.1, -0.05) is 33.2 Å². The molecule has 0 fully saturated rings. The highest BCUT2D eigenvalue weighted by Gasteiger charge is 2.19. The van der Waals surface area contributed by atoms with Crippen LogP contribution in [0.25, 0.3) is 22.6 Å². The molecule has 1 heterocycles. The predicted molar refractivity (Wildman–Crippen MR) is 94.7 cm³/mol. The quantitative estimate of drug-likeness (QED) is 0.627. The average molecular weight is 390 g/mol. The van der Waals surface area contributed by atoms with Crippen LogP contribution in [0.15, 0.2) is 51.5 Å². The summed E-state index contributed by atoms with van der Waals surface area (Å²) in [4.78, 5) is 0. The molecule has 6 heteroatoms. The van der Waals surface area contributed by atoms with E-state index in [9.17, 15) is 0 Å². The second kappa shape index (κ2) is 6.97. The zero-order chi connectivity index (χ0) is 17.1. The first-order valence-corrected chi connectivity index (χ1v) is 7.98. The van der Waals surface area contributed by atoms with E-state index in [1.165, 1.54) is 0 Å². The minimum absolute atomic E-state index is 0.599. The molecule has 3 rings (SSSR count). The fourth-order valence-corrected chi connectivity index (χ4v) is 2.67. The standard InChI is InChI=1S/C18H16BrNO4/c1-21-13-8-16(22-2)18(17(9-13)23-3)14-10-15(24-20-14)11-4-6-12(19)7-5-11/h4-10H,1-3H3. The Morgan fingerprint density at radius 1 is 0.875 bits per heavy atom. The number of nitrogens with zero attached hydrogens (tertiary/aromatic N) is 1. The third-order valence-electron chi connectivity index (χ3n) is 3.61. The topological polar surface area (TPSA) is 53.7 Å². The Hall–Kier alpha value is -2.47. The Balaban J connectivity index is 2.08. The maximum Gasteiger partial charge on any atom is 0.167 e. The van der Waals surface area contributed by atoms with Crippen molar-refractivity contribution >= 4 is 15.9 Å². The monoisotopic (exact) mass is 389 g/mol. The third kappa shape index (κ3) is 3.10. The number of hydrogen-bond donors (Lipinski definition) is 0. The van der Waals surface area contributed by atoms with E-state index in [0.717, 1.165) is 10.0 Å². The third-order valence-corrected chi connectivity index (χ3v) is 4.14. The van der Waals surface area contributed by atoms with Gasteiger partial charge in [-0.3, -0.25) is 0 Å². The zero-order valence-electron chi connectivity index (χ0n) is 13.5. The highest BCUT2D eigenvalue weighted by molar-refractivity contribution is 9.10. The summed E-state index contributed by atoms with van der Waals surface area (Å²) >= 11 is 3.42. The first-order chi connectivity index (χ1) is 11.7. The Labute approximate surface area is 148 Å². The Kier molecular flexibility index (Phi) is 4.76. The fourth-order valence-electron chi connectivity index (χ4n) is 2.40. The maximum absolute atomic E-state index is 5.49. The van der Waals surface area contributed by atoms with E-state index in [2.05, 4.69) is 21.1 Å². The van der Waals surface area contributed by atoms with Crippen molar-refractivity contribution in [3.8, 4) is 39.8 Å². The molecule has 0 atom stereocenters. The van der Waals surface area contributed by atoms with Crippen LogP contribution in [-0.2, 0) is 0 Å². The van der Waals surface area contributed by atoms with E-state index in [0.29, 0.717) is 34.3 Å². The minimum Gasteiger partial charge on any atom is -0.496 e. The van der Waals surface area contributed by atoms with Gasteiger partial charge >= 0.3 is 0 Å². The van der Waals surface area contributed by atoms with Crippen molar-refractivity contribution in [2.75, 3.05) is 21.3 Å². The van der Waals surface area contributed by atoms with E-state index in [1.54, 1.807) is 33.5 Å². The van der Waals surface area contributed by atoms with Gasteiger partial charge in [-0.25, -0.2) is 0 Å². The molecule has 0 amide bonds. The summed E-state index contributed by atoms with van der Waals surface area (Å²) < 4.78 is 22.7. The van der Waals surface area contributed by atoms with Gasteiger partial charge in [0.1, 0.15) is 22.9 Å². The molecular weight excluding hydrogens is 374 g/mol. The highest BCUT2D eigenvalue weighted by atomic mass is 79.9. The maximum atomic E-state index is 5.49. The molecule has 5 nitrogen and oxygen atoms in total.